The number of nitrogens with zero attached hydrogens (tertiary/aromatic N) is 2. The molecule has 0 radical (unpaired) electrons. The normalized spacial score (nSPS) is 12.4. The van der Waals surface area contributed by atoms with Crippen molar-refractivity contribution in [2.75, 3.05) is 12.3 Å². The maximum atomic E-state index is 11.4. The Morgan fingerprint density at radius 3 is 2.87 bits per heavy atom. The van der Waals surface area contributed by atoms with Gasteiger partial charge in [0, 0.05) is 0 Å². The Hall–Kier alpha value is -1.24. The summed E-state index contributed by atoms with van der Waals surface area (Å²) in [6.07, 6.45) is 0.665. The van der Waals surface area contributed by atoms with Crippen molar-refractivity contribution >= 4 is 23.7 Å². The number of esters is 1. The number of ether oxygens (including phenoxy) is 1. The van der Waals surface area contributed by atoms with E-state index < -0.39 is 0 Å². The van der Waals surface area contributed by atoms with Crippen molar-refractivity contribution in [3.05, 3.63) is 0 Å². The van der Waals surface area contributed by atoms with Crippen molar-refractivity contribution in [1.29, 1.82) is 0 Å². The van der Waals surface area contributed by atoms with Gasteiger partial charge in [-0.3, -0.25) is 4.79 Å². The van der Waals surface area contributed by atoms with Crippen LogP contribution in [0.2, 0.25) is 0 Å². The van der Waals surface area contributed by atoms with Crippen molar-refractivity contribution in [2.45, 2.75) is 30.7 Å². The van der Waals surface area contributed by atoms with Crippen molar-refractivity contribution in [3.63, 3.8) is 0 Å². The van der Waals surface area contributed by atoms with E-state index in [0.717, 1.165) is 0 Å². The molecule has 0 amide bonds. The van der Waals surface area contributed by atoms with Gasteiger partial charge in [0.2, 0.25) is 11.1 Å². The molecule has 84 valence electrons. The zero-order valence-electron chi connectivity index (χ0n) is 8.69. The molecule has 1 unspecified atom stereocenters. The van der Waals surface area contributed by atoms with Gasteiger partial charge in [0.25, 0.3) is 0 Å². The Morgan fingerprint density at radius 2 is 2.40 bits per heavy atom. The summed E-state index contributed by atoms with van der Waals surface area (Å²) in [6.45, 7) is 4.07. The van der Waals surface area contributed by atoms with Gasteiger partial charge < -0.3 is 10.5 Å². The Labute approximate surface area is 92.0 Å². The fourth-order valence-corrected chi connectivity index (χ4v) is 1.81. The Balaban J connectivity index is 2.57. The number of carbonyl (C=O) groups excluding carboxylic acids is 1. The van der Waals surface area contributed by atoms with Crippen molar-refractivity contribution in [2.24, 2.45) is 0 Å². The number of H-pyrrole nitrogens is 1. The fourth-order valence-electron chi connectivity index (χ4n) is 0.971. The quantitative estimate of drug-likeness (QED) is 0.574. The van der Waals surface area contributed by atoms with E-state index >= 15 is 0 Å². The van der Waals surface area contributed by atoms with E-state index in [2.05, 4.69) is 15.2 Å². The monoisotopic (exact) mass is 230 g/mol. The Morgan fingerprint density at radius 1 is 1.67 bits per heavy atom. The molecule has 0 saturated carbocycles. The number of hydrogen-bond donors (Lipinski definition) is 2. The minimum atomic E-state index is -0.278. The van der Waals surface area contributed by atoms with E-state index in [-0.39, 0.29) is 17.2 Å². The van der Waals surface area contributed by atoms with Gasteiger partial charge in [-0.1, -0.05) is 18.7 Å². The molecule has 1 rings (SSSR count). The zero-order chi connectivity index (χ0) is 11.3. The second-order valence-corrected chi connectivity index (χ2v) is 3.94. The SMILES string of the molecule is CCOC(=O)C(CC)Sc1n[nH]c(N)n1. The number of anilines is 1. The van der Waals surface area contributed by atoms with Crippen LogP contribution in [0.5, 0.6) is 0 Å². The van der Waals surface area contributed by atoms with Gasteiger partial charge in [0.15, 0.2) is 0 Å². The largest absolute Gasteiger partial charge is 0.465 e. The number of carbonyl (C=O) groups is 1. The maximum absolute atomic E-state index is 11.4. The highest BCUT2D eigenvalue weighted by atomic mass is 32.2. The first-order chi connectivity index (χ1) is 7.17. The van der Waals surface area contributed by atoms with Gasteiger partial charge in [-0.15, -0.1) is 5.10 Å². The van der Waals surface area contributed by atoms with Crippen molar-refractivity contribution < 1.29 is 9.53 Å². The van der Waals surface area contributed by atoms with Crippen LogP contribution in [0.15, 0.2) is 5.16 Å². The second kappa shape index (κ2) is 5.59. The van der Waals surface area contributed by atoms with Gasteiger partial charge in [0.1, 0.15) is 5.25 Å². The number of nitrogens with two attached hydrogens (primary N) is 1. The molecule has 1 atom stereocenters. The molecule has 0 spiro atoms. The number of hydrogen-bond acceptors (Lipinski definition) is 6. The summed E-state index contributed by atoms with van der Waals surface area (Å²) in [4.78, 5) is 15.4. The average molecular weight is 230 g/mol. The Kier molecular flexibility index (Phi) is 4.41. The van der Waals surface area contributed by atoms with Gasteiger partial charge in [-0.25, -0.2) is 5.10 Å². The van der Waals surface area contributed by atoms with Crippen molar-refractivity contribution in [3.8, 4) is 0 Å². The highest BCUT2D eigenvalue weighted by Gasteiger charge is 2.20. The van der Waals surface area contributed by atoms with E-state index in [1.165, 1.54) is 11.8 Å². The minimum Gasteiger partial charge on any atom is -0.465 e. The summed E-state index contributed by atoms with van der Waals surface area (Å²) in [5.41, 5.74) is 5.37. The molecule has 1 aromatic rings. The third kappa shape index (κ3) is 3.43. The Bertz CT molecular complexity index is 328. The van der Waals surface area contributed by atoms with Gasteiger partial charge >= 0.3 is 5.97 Å². The lowest BCUT2D eigenvalue weighted by Gasteiger charge is -2.10. The van der Waals surface area contributed by atoms with Crippen LogP contribution in [0, 0.1) is 0 Å². The first-order valence-corrected chi connectivity index (χ1v) is 5.56. The van der Waals surface area contributed by atoms with E-state index in [4.69, 9.17) is 10.5 Å². The van der Waals surface area contributed by atoms with E-state index in [1.807, 2.05) is 6.92 Å². The summed E-state index contributed by atoms with van der Waals surface area (Å²) < 4.78 is 4.92. The van der Waals surface area contributed by atoms with Crippen LogP contribution >= 0.6 is 11.8 Å². The molecule has 6 nitrogen and oxygen atoms in total. The van der Waals surface area contributed by atoms with Gasteiger partial charge in [-0.05, 0) is 13.3 Å². The minimum absolute atomic E-state index is 0.242. The molecule has 0 aliphatic carbocycles. The smallest absolute Gasteiger partial charge is 0.319 e. The van der Waals surface area contributed by atoms with Gasteiger partial charge in [0.05, 0.1) is 6.61 Å². The van der Waals surface area contributed by atoms with Crippen LogP contribution < -0.4 is 5.73 Å². The highest BCUT2D eigenvalue weighted by molar-refractivity contribution is 8.00. The van der Waals surface area contributed by atoms with Crippen LogP contribution in [-0.4, -0.2) is 33.0 Å². The molecular weight excluding hydrogens is 216 g/mol. The summed E-state index contributed by atoms with van der Waals surface area (Å²) in [5.74, 6) is 0.00424. The lowest BCUT2D eigenvalue weighted by molar-refractivity contribution is -0.142. The van der Waals surface area contributed by atoms with E-state index in [0.29, 0.717) is 18.2 Å². The molecule has 7 heteroatoms. The van der Waals surface area contributed by atoms with E-state index in [9.17, 15) is 4.79 Å². The number of aromatic amines is 1. The third-order valence-electron chi connectivity index (χ3n) is 1.65. The van der Waals surface area contributed by atoms with Crippen LogP contribution in [0.4, 0.5) is 5.95 Å². The highest BCUT2D eigenvalue weighted by Crippen LogP contribution is 2.23. The first-order valence-electron chi connectivity index (χ1n) is 4.68. The maximum Gasteiger partial charge on any atom is 0.319 e. The van der Waals surface area contributed by atoms with Crippen molar-refractivity contribution in [1.82, 2.24) is 15.2 Å². The molecule has 1 aromatic heterocycles. The summed E-state index contributed by atoms with van der Waals surface area (Å²) in [7, 11) is 0. The fraction of sp³-hybridized carbons (Fsp3) is 0.625. The lowest BCUT2D eigenvalue weighted by Crippen LogP contribution is -2.19. The summed E-state index contributed by atoms with van der Waals surface area (Å²) in [5, 5.41) is 6.54. The summed E-state index contributed by atoms with van der Waals surface area (Å²) >= 11 is 1.25. The summed E-state index contributed by atoms with van der Waals surface area (Å²) in [6, 6.07) is 0. The molecular formula is C8H14N4O2S. The molecule has 0 fully saturated rings. The molecule has 0 saturated heterocycles. The standard InChI is InChI=1S/C8H14N4O2S/c1-3-5(6(13)14-4-2)15-8-10-7(9)11-12-8/h5H,3-4H2,1-2H3,(H3,9,10,11,12). The predicted molar refractivity (Wildman–Crippen MR) is 57.4 cm³/mol. The third-order valence-corrected chi connectivity index (χ3v) is 2.85. The average Bonchev–Trinajstić information content (AvgIpc) is 2.61. The molecule has 1 heterocycles. The topological polar surface area (TPSA) is 93.9 Å². The van der Waals surface area contributed by atoms with Crippen LogP contribution in [0.1, 0.15) is 20.3 Å². The molecule has 15 heavy (non-hydrogen) atoms. The van der Waals surface area contributed by atoms with Crippen LogP contribution in [0.25, 0.3) is 0 Å². The number of nitrogens with one attached hydrogen (secondary N) is 1. The predicted octanol–water partition coefficient (Wildman–Crippen LogP) is 0.821. The number of nitrogen functional groups attached to an aromatic ring is 1. The molecule has 0 aliphatic heterocycles. The zero-order valence-corrected chi connectivity index (χ0v) is 9.50. The number of thioether (sulfide) groups is 1. The van der Waals surface area contributed by atoms with Crippen LogP contribution in [-0.2, 0) is 9.53 Å². The molecule has 0 aliphatic rings. The molecule has 0 bridgehead atoms. The van der Waals surface area contributed by atoms with E-state index in [1.54, 1.807) is 6.92 Å². The second-order valence-electron chi connectivity index (χ2n) is 2.77. The lowest BCUT2D eigenvalue weighted by atomic mass is 10.3. The van der Waals surface area contributed by atoms with Gasteiger partial charge in [-0.2, -0.15) is 4.98 Å². The van der Waals surface area contributed by atoms with Crippen LogP contribution in [0.3, 0.4) is 0 Å². The first kappa shape index (κ1) is 11.8. The number of rotatable bonds is 5. The number of aromatic nitrogens is 3. The molecule has 0 aromatic carbocycles. The molecule has 3 N–H and O–H groups in total.